The Morgan fingerprint density at radius 2 is 1.32 bits per heavy atom. The fraction of sp³-hybridized carbons (Fsp3) is 0.118. The number of para-hydroxylation sites is 2. The molecule has 9 heteroatoms. The van der Waals surface area contributed by atoms with Crippen LogP contribution in [0, 0.1) is 25.7 Å². The number of hydrogen-bond donors (Lipinski definition) is 0. The maximum absolute atomic E-state index is 6.97. The van der Waals surface area contributed by atoms with Gasteiger partial charge in [-0.2, -0.15) is 12.7 Å². The summed E-state index contributed by atoms with van der Waals surface area (Å²) in [5, 5.41) is 2.05. The molecule has 0 bridgehead atoms. The van der Waals surface area contributed by atoms with Crippen molar-refractivity contribution >= 4 is 38.9 Å². The standard InChI is InChI=1S/C51H40N7O.Pt/c1-33-25-26-52-47(27-33)58-42-24-23-36(51(2,3)4)28-39(42)40-30-41(50-54-48(34-15-8-6-9-16-34)53-49(55-50)35-17-10-7-11-18-35)46(31-45(40)58)59-38-20-14-19-37(29-38)57-32-56(5)43-21-12-13-22-44(43)57;/h6-28,30,32H,1-5H3;/q-3;. The molecule has 0 saturated carbocycles. The van der Waals surface area contributed by atoms with E-state index in [1.54, 1.807) is 0 Å². The number of fused-ring (bicyclic) bond motifs is 4. The molecule has 0 radical (unpaired) electrons. The van der Waals surface area contributed by atoms with E-state index in [2.05, 4.69) is 103 Å². The van der Waals surface area contributed by atoms with E-state index in [4.69, 9.17) is 24.7 Å². The largest absolute Gasteiger partial charge is 0.508 e. The van der Waals surface area contributed by atoms with Crippen LogP contribution in [0.15, 0.2) is 146 Å². The molecule has 9 aromatic rings. The average Bonchev–Trinajstić information content (AvgIpc) is 3.77. The van der Waals surface area contributed by atoms with Crippen LogP contribution in [0.2, 0.25) is 0 Å². The van der Waals surface area contributed by atoms with Crippen molar-refractivity contribution in [2.75, 3.05) is 16.8 Å². The maximum atomic E-state index is 6.97. The van der Waals surface area contributed by atoms with Crippen molar-refractivity contribution in [3.8, 4) is 51.5 Å². The van der Waals surface area contributed by atoms with Crippen molar-refractivity contribution < 1.29 is 25.8 Å². The van der Waals surface area contributed by atoms with Gasteiger partial charge < -0.3 is 19.1 Å². The van der Waals surface area contributed by atoms with E-state index < -0.39 is 0 Å². The fourth-order valence-electron chi connectivity index (χ4n) is 7.69. The van der Waals surface area contributed by atoms with E-state index in [1.165, 1.54) is 5.56 Å². The van der Waals surface area contributed by atoms with Crippen molar-refractivity contribution in [1.29, 1.82) is 0 Å². The van der Waals surface area contributed by atoms with Gasteiger partial charge in [-0.05, 0) is 71.8 Å². The van der Waals surface area contributed by atoms with Crippen molar-refractivity contribution in [1.82, 2.24) is 24.5 Å². The number of pyridine rings is 1. The second-order valence-corrected chi connectivity index (χ2v) is 15.9. The number of aryl methyl sites for hydroxylation is 1. The summed E-state index contributed by atoms with van der Waals surface area (Å²) in [6.45, 7) is 10.9. The molecule has 0 spiro atoms. The minimum absolute atomic E-state index is 0. The number of benzene rings is 6. The molecule has 3 aromatic heterocycles. The molecule has 1 aliphatic rings. The van der Waals surface area contributed by atoms with Crippen LogP contribution in [0.4, 0.5) is 17.1 Å². The van der Waals surface area contributed by atoms with Crippen molar-refractivity contribution in [3.63, 3.8) is 0 Å². The van der Waals surface area contributed by atoms with Gasteiger partial charge in [-0.15, -0.1) is 41.4 Å². The number of rotatable bonds is 7. The minimum Gasteiger partial charge on any atom is -0.508 e. The second kappa shape index (κ2) is 15.5. The molecule has 0 N–H and O–H groups in total. The van der Waals surface area contributed by atoms with Gasteiger partial charge in [-0.25, -0.2) is 19.9 Å². The summed E-state index contributed by atoms with van der Waals surface area (Å²) >= 11 is 0. The monoisotopic (exact) mass is 961 g/mol. The van der Waals surface area contributed by atoms with Crippen molar-refractivity contribution in [2.45, 2.75) is 33.1 Å². The van der Waals surface area contributed by atoms with E-state index >= 15 is 0 Å². The van der Waals surface area contributed by atoms with Crippen molar-refractivity contribution in [3.05, 3.63) is 176 Å². The molecule has 6 aromatic carbocycles. The summed E-state index contributed by atoms with van der Waals surface area (Å²) in [6, 6.07) is 54.5. The number of anilines is 3. The third-order valence-corrected chi connectivity index (χ3v) is 10.7. The van der Waals surface area contributed by atoms with Gasteiger partial charge in [0.15, 0.2) is 11.6 Å². The first-order valence-electron chi connectivity index (χ1n) is 19.7. The van der Waals surface area contributed by atoms with E-state index in [-0.39, 0.29) is 26.5 Å². The molecule has 0 amide bonds. The Hall–Kier alpha value is -6.63. The minimum atomic E-state index is -0.0773. The van der Waals surface area contributed by atoms with E-state index in [0.717, 1.165) is 61.4 Å². The molecule has 298 valence electrons. The molecule has 8 nitrogen and oxygen atoms in total. The van der Waals surface area contributed by atoms with Gasteiger partial charge in [0, 0.05) is 66.8 Å². The second-order valence-electron chi connectivity index (χ2n) is 15.9. The fourth-order valence-corrected chi connectivity index (χ4v) is 7.69. The Balaban J connectivity index is 0.00000462. The first-order chi connectivity index (χ1) is 28.7. The summed E-state index contributed by atoms with van der Waals surface area (Å²) in [7, 11) is 2.05. The molecule has 4 heterocycles. The van der Waals surface area contributed by atoms with Crippen LogP contribution in [0.25, 0.3) is 61.8 Å². The molecule has 0 aliphatic carbocycles. The molecular weight excluding hydrogens is 922 g/mol. The Morgan fingerprint density at radius 3 is 2.00 bits per heavy atom. The predicted octanol–water partition coefficient (Wildman–Crippen LogP) is 12.1. The SMILES string of the molecule is Cc1ccnc(-n2c3[c-]c(Oc4[c-]c(N5[CH-]N(C)c6ccccc65)ccc4)c(-c4nc(-c5ccccc5)nc(-c5ccccc5)n4)cc3c3cc(C(C)(C)C)ccc32)c1.[Pt]. The van der Waals surface area contributed by atoms with Gasteiger partial charge in [0.25, 0.3) is 0 Å². The van der Waals surface area contributed by atoms with Crippen LogP contribution in [-0.4, -0.2) is 31.6 Å². The normalized spacial score (nSPS) is 12.5. The van der Waals surface area contributed by atoms with E-state index in [9.17, 15) is 0 Å². The van der Waals surface area contributed by atoms with Crippen LogP contribution in [0.3, 0.4) is 0 Å². The molecule has 0 saturated heterocycles. The summed E-state index contributed by atoms with van der Waals surface area (Å²) in [5.74, 6) is 3.34. The third-order valence-electron chi connectivity index (χ3n) is 10.7. The van der Waals surface area contributed by atoms with Gasteiger partial charge in [0.2, 0.25) is 0 Å². The predicted molar refractivity (Wildman–Crippen MR) is 237 cm³/mol. The molecule has 0 fully saturated rings. The maximum Gasteiger partial charge on any atom is 0.162 e. The molecule has 10 rings (SSSR count). The summed E-state index contributed by atoms with van der Waals surface area (Å²) in [5.41, 5.74) is 9.53. The zero-order valence-corrected chi connectivity index (χ0v) is 36.1. The molecule has 0 atom stereocenters. The van der Waals surface area contributed by atoms with Crippen molar-refractivity contribution in [2.24, 2.45) is 0 Å². The topological polar surface area (TPSA) is 72.2 Å². The van der Waals surface area contributed by atoms with Gasteiger partial charge >= 0.3 is 0 Å². The molecular formula is C51H40N7OPt-3. The Labute approximate surface area is 364 Å². The zero-order valence-electron chi connectivity index (χ0n) is 33.8. The number of ether oxygens (including phenoxy) is 1. The quantitative estimate of drug-likeness (QED) is 0.147. The number of aromatic nitrogens is 5. The smallest absolute Gasteiger partial charge is 0.162 e. The zero-order chi connectivity index (χ0) is 40.3. The van der Waals surface area contributed by atoms with E-state index in [1.807, 2.05) is 110 Å². The van der Waals surface area contributed by atoms with Gasteiger partial charge in [-0.3, -0.25) is 0 Å². The molecule has 0 unspecified atom stereocenters. The van der Waals surface area contributed by atoms with E-state index in [0.29, 0.717) is 34.5 Å². The molecule has 1 aliphatic heterocycles. The van der Waals surface area contributed by atoms with Gasteiger partial charge in [0.05, 0.1) is 0 Å². The summed E-state index contributed by atoms with van der Waals surface area (Å²) in [6.07, 6.45) is 1.85. The third kappa shape index (κ3) is 7.11. The van der Waals surface area contributed by atoms with Crippen LogP contribution >= 0.6 is 0 Å². The Bertz CT molecular complexity index is 2970. The van der Waals surface area contributed by atoms with Crippen LogP contribution < -0.4 is 14.5 Å². The number of nitrogens with zero attached hydrogens (tertiary/aromatic N) is 7. The average molecular weight is 962 g/mol. The first kappa shape index (κ1) is 38.9. The summed E-state index contributed by atoms with van der Waals surface area (Å²) < 4.78 is 9.14. The van der Waals surface area contributed by atoms with Gasteiger partial charge in [-0.1, -0.05) is 111 Å². The Morgan fingerprint density at radius 1 is 0.650 bits per heavy atom. The van der Waals surface area contributed by atoms with Crippen LogP contribution in [-0.2, 0) is 26.5 Å². The molecule has 60 heavy (non-hydrogen) atoms. The Kier molecular flexibility index (Phi) is 10.1. The first-order valence-corrected chi connectivity index (χ1v) is 19.7. The van der Waals surface area contributed by atoms with Gasteiger partial charge in [0.1, 0.15) is 11.6 Å². The summed E-state index contributed by atoms with van der Waals surface area (Å²) in [4.78, 5) is 24.4. The van der Waals surface area contributed by atoms with Crippen LogP contribution in [0.1, 0.15) is 31.9 Å². The number of hydrogen-bond acceptors (Lipinski definition) is 7. The van der Waals surface area contributed by atoms with Crippen LogP contribution in [0.5, 0.6) is 11.5 Å².